The Morgan fingerprint density at radius 3 is 1.26 bits per heavy atom. The zero-order valence-corrected chi connectivity index (χ0v) is 37.3. The van der Waals surface area contributed by atoms with Crippen molar-refractivity contribution in [1.82, 2.24) is 14.1 Å². The van der Waals surface area contributed by atoms with Crippen molar-refractivity contribution in [2.24, 2.45) is 0 Å². The predicted molar refractivity (Wildman–Crippen MR) is 238 cm³/mol. The number of hydrogen-bond acceptors (Lipinski definition) is 1. The Labute approximate surface area is 338 Å². The molecule has 2 aromatic heterocycles. The average molecular weight is 752 g/mol. The molecule has 4 heteroatoms. The smallest absolute Gasteiger partial charge is 0.307 e. The monoisotopic (exact) mass is 752 g/mol. The molecule has 0 radical (unpaired) electrons. The van der Waals surface area contributed by atoms with Gasteiger partial charge in [0.1, 0.15) is 18.2 Å². The minimum atomic E-state index is 1.11. The highest BCUT2D eigenvalue weighted by molar-refractivity contribution is 5.47. The van der Waals surface area contributed by atoms with Gasteiger partial charge in [-0.2, -0.15) is 0 Å². The van der Waals surface area contributed by atoms with E-state index < -0.39 is 0 Å². The first kappa shape index (κ1) is 48.6. The van der Waals surface area contributed by atoms with Crippen LogP contribution >= 0.6 is 0 Å². The van der Waals surface area contributed by atoms with Gasteiger partial charge in [-0.15, -0.1) is 0 Å². The van der Waals surface area contributed by atoms with Crippen molar-refractivity contribution in [2.45, 2.75) is 285 Å². The van der Waals surface area contributed by atoms with Gasteiger partial charge in [-0.1, -0.05) is 227 Å². The second kappa shape index (κ2) is 35.8. The third-order valence-corrected chi connectivity index (χ3v) is 12.1. The van der Waals surface area contributed by atoms with Crippen LogP contribution in [0.5, 0.6) is 0 Å². The molecule has 2 heterocycles. The highest BCUT2D eigenvalue weighted by Gasteiger charge is 2.25. The maximum absolute atomic E-state index is 5.17. The van der Waals surface area contributed by atoms with Crippen LogP contribution in [0, 0.1) is 0 Å². The van der Waals surface area contributed by atoms with Crippen LogP contribution in [0.2, 0.25) is 0 Å². The van der Waals surface area contributed by atoms with Crippen LogP contribution in [0.25, 0.3) is 11.5 Å². The van der Waals surface area contributed by atoms with Crippen molar-refractivity contribution in [1.29, 1.82) is 0 Å². The molecule has 2 aromatic rings. The van der Waals surface area contributed by atoms with Gasteiger partial charge in [-0.3, -0.25) is 0 Å². The van der Waals surface area contributed by atoms with Crippen molar-refractivity contribution in [2.75, 3.05) is 0 Å². The first-order valence-electron chi connectivity index (χ1n) is 24.9. The highest BCUT2D eigenvalue weighted by atomic mass is 15.2. The summed E-state index contributed by atoms with van der Waals surface area (Å²) in [5, 5.41) is 0. The van der Waals surface area contributed by atoms with Crippen LogP contribution in [0.4, 0.5) is 0 Å². The third kappa shape index (κ3) is 23.5. The number of aromatic nitrogens is 4. The molecule has 0 unspecified atom stereocenters. The molecule has 0 bridgehead atoms. The molecule has 0 fully saturated rings. The fraction of sp³-hybridized carbons (Fsp3) is 0.880. The summed E-state index contributed by atoms with van der Waals surface area (Å²) in [6.45, 7) is 12.6. The minimum absolute atomic E-state index is 1.11. The summed E-state index contributed by atoms with van der Waals surface area (Å²) in [6.07, 6.45) is 58.3. The molecule has 0 spiro atoms. The van der Waals surface area contributed by atoms with E-state index in [1.54, 1.807) is 0 Å². The quantitative estimate of drug-likeness (QED) is 0.0491. The second-order valence-corrected chi connectivity index (χ2v) is 17.3. The lowest BCUT2D eigenvalue weighted by molar-refractivity contribution is -0.686. The van der Waals surface area contributed by atoms with Crippen molar-refractivity contribution < 1.29 is 4.57 Å². The minimum Gasteiger partial charge on any atom is -0.322 e. The van der Waals surface area contributed by atoms with E-state index in [1.807, 2.05) is 0 Å². The van der Waals surface area contributed by atoms with Crippen molar-refractivity contribution in [3.8, 4) is 11.5 Å². The first-order valence-corrected chi connectivity index (χ1v) is 24.9. The van der Waals surface area contributed by atoms with Crippen LogP contribution in [-0.4, -0.2) is 14.1 Å². The summed E-state index contributed by atoms with van der Waals surface area (Å²) >= 11 is 0. The van der Waals surface area contributed by atoms with E-state index in [2.05, 4.69) is 60.0 Å². The van der Waals surface area contributed by atoms with Crippen LogP contribution in [0.1, 0.15) is 265 Å². The summed E-state index contributed by atoms with van der Waals surface area (Å²) in [7, 11) is 0. The maximum atomic E-state index is 5.17. The summed E-state index contributed by atoms with van der Waals surface area (Å²) in [6, 6.07) is 0. The van der Waals surface area contributed by atoms with E-state index in [0.717, 1.165) is 26.1 Å². The molecule has 0 aliphatic heterocycles. The molecule has 2 rings (SSSR count). The number of hydrogen-bond donors (Lipinski definition) is 0. The van der Waals surface area contributed by atoms with Crippen LogP contribution < -0.4 is 4.57 Å². The normalized spacial score (nSPS) is 11.7. The van der Waals surface area contributed by atoms with Gasteiger partial charge >= 0.3 is 5.82 Å². The second-order valence-electron chi connectivity index (χ2n) is 17.3. The molecule has 0 aliphatic carbocycles. The molecule has 0 N–H and O–H groups in total. The molecule has 0 amide bonds. The Hall–Kier alpha value is -1.58. The van der Waals surface area contributed by atoms with Crippen LogP contribution in [0.3, 0.4) is 0 Å². The lowest BCUT2D eigenvalue weighted by atomic mass is 10.0. The Bertz CT molecular complexity index is 1070. The highest BCUT2D eigenvalue weighted by Crippen LogP contribution is 2.23. The van der Waals surface area contributed by atoms with Crippen LogP contribution in [0.15, 0.2) is 18.6 Å². The Morgan fingerprint density at radius 1 is 0.426 bits per heavy atom. The zero-order chi connectivity index (χ0) is 38.6. The van der Waals surface area contributed by atoms with Gasteiger partial charge in [-0.05, 0) is 32.1 Å². The standard InChI is InChI=1S/C50H95N4/c1-5-9-13-16-19-21-23-25-27-29-31-33-35-38-41-49-51-47-48(54(49)44-40-37-18-15-11-7-3)50-52(42-12-8-4)45-46-53(50)43-39-36-34-32-30-28-26-24-22-20-17-14-10-6-2/h45-47H,5-44H2,1-4H3/q+1. The van der Waals surface area contributed by atoms with Crippen LogP contribution in [-0.2, 0) is 26.1 Å². The Morgan fingerprint density at radius 2 is 0.815 bits per heavy atom. The fourth-order valence-corrected chi connectivity index (χ4v) is 8.50. The number of nitrogens with zero attached hydrogens (tertiary/aromatic N) is 4. The Kier molecular flexibility index (Phi) is 32.2. The maximum Gasteiger partial charge on any atom is 0.307 e. The zero-order valence-electron chi connectivity index (χ0n) is 37.3. The molecule has 314 valence electrons. The van der Waals surface area contributed by atoms with E-state index >= 15 is 0 Å². The molecule has 4 nitrogen and oxygen atoms in total. The van der Waals surface area contributed by atoms with E-state index in [-0.39, 0.29) is 0 Å². The lowest BCUT2D eigenvalue weighted by Gasteiger charge is -2.13. The average Bonchev–Trinajstić information content (AvgIpc) is 3.78. The first-order chi connectivity index (χ1) is 26.8. The molecular formula is C50H95N4+. The lowest BCUT2D eigenvalue weighted by Crippen LogP contribution is -2.35. The predicted octanol–water partition coefficient (Wildman–Crippen LogP) is 16.3. The molecule has 0 saturated carbocycles. The fourth-order valence-electron chi connectivity index (χ4n) is 8.50. The van der Waals surface area contributed by atoms with Crippen molar-refractivity contribution in [3.63, 3.8) is 0 Å². The number of aryl methyl sites for hydroxylation is 3. The SMILES string of the molecule is CCCCCCCCCCCCCCCCc1ncc(-c2n(CCCC)cc[n+]2CCCCCCCCCCCCCCCC)n1CCCCCCCC. The number of unbranched alkanes of at least 4 members (excludes halogenated alkanes) is 32. The van der Waals surface area contributed by atoms with Gasteiger partial charge < -0.3 is 4.57 Å². The summed E-state index contributed by atoms with van der Waals surface area (Å²) in [4.78, 5) is 5.17. The van der Waals surface area contributed by atoms with Gasteiger partial charge in [0.2, 0.25) is 0 Å². The van der Waals surface area contributed by atoms with Gasteiger partial charge in [0, 0.05) is 13.0 Å². The van der Waals surface area contributed by atoms with Crippen molar-refractivity contribution >= 4 is 0 Å². The Balaban J connectivity index is 1.86. The van der Waals surface area contributed by atoms with Gasteiger partial charge in [0.25, 0.3) is 0 Å². The summed E-state index contributed by atoms with van der Waals surface area (Å²) in [5.74, 6) is 2.74. The van der Waals surface area contributed by atoms with Gasteiger partial charge in [0.15, 0.2) is 5.69 Å². The topological polar surface area (TPSA) is 26.6 Å². The van der Waals surface area contributed by atoms with Crippen molar-refractivity contribution in [3.05, 3.63) is 24.4 Å². The van der Waals surface area contributed by atoms with E-state index in [1.165, 1.54) is 248 Å². The largest absolute Gasteiger partial charge is 0.322 e. The van der Waals surface area contributed by atoms with E-state index in [4.69, 9.17) is 4.98 Å². The summed E-state index contributed by atoms with van der Waals surface area (Å²) in [5.41, 5.74) is 1.37. The molecule has 0 aromatic carbocycles. The molecule has 0 atom stereocenters. The molecule has 0 aliphatic rings. The third-order valence-electron chi connectivity index (χ3n) is 12.1. The number of rotatable bonds is 41. The van der Waals surface area contributed by atoms with Gasteiger partial charge in [0.05, 0.1) is 19.3 Å². The molecule has 54 heavy (non-hydrogen) atoms. The summed E-state index contributed by atoms with van der Waals surface area (Å²) < 4.78 is 7.79. The number of imidazole rings is 2. The molecule has 0 saturated heterocycles. The van der Waals surface area contributed by atoms with Gasteiger partial charge in [-0.25, -0.2) is 14.1 Å². The molecular weight excluding hydrogens is 657 g/mol. The van der Waals surface area contributed by atoms with E-state index in [9.17, 15) is 0 Å². The van der Waals surface area contributed by atoms with E-state index in [0.29, 0.717) is 0 Å².